The fraction of sp³-hybridized carbons (Fsp3) is 0.158. The molecule has 1 aliphatic heterocycles. The van der Waals surface area contributed by atoms with E-state index in [1.165, 1.54) is 12.1 Å². The zero-order valence-corrected chi connectivity index (χ0v) is 13.9. The molecule has 0 saturated carbocycles. The number of halogens is 1. The van der Waals surface area contributed by atoms with E-state index in [4.69, 9.17) is 5.41 Å². The summed E-state index contributed by atoms with van der Waals surface area (Å²) in [5, 5.41) is 18.9. The van der Waals surface area contributed by atoms with Crippen molar-refractivity contribution in [2.75, 3.05) is 11.4 Å². The van der Waals surface area contributed by atoms with Crippen LogP contribution in [-0.4, -0.2) is 27.5 Å². The number of aromatic nitrogens is 2. The van der Waals surface area contributed by atoms with Crippen molar-refractivity contribution in [3.05, 3.63) is 64.9 Å². The molecule has 3 N–H and O–H groups in total. The van der Waals surface area contributed by atoms with Gasteiger partial charge in [-0.1, -0.05) is 17.7 Å². The number of hydrogen-bond donors (Lipinski definition) is 3. The molecule has 0 aliphatic carbocycles. The van der Waals surface area contributed by atoms with E-state index in [9.17, 15) is 9.50 Å². The van der Waals surface area contributed by atoms with Crippen molar-refractivity contribution in [3.8, 4) is 0 Å². The number of nitrogens with zero attached hydrogens (tertiary/aromatic N) is 2. The van der Waals surface area contributed by atoms with Gasteiger partial charge in [0, 0.05) is 5.69 Å². The van der Waals surface area contributed by atoms with Crippen LogP contribution >= 0.6 is 0 Å². The zero-order chi connectivity index (χ0) is 17.7. The molecule has 3 aromatic rings. The van der Waals surface area contributed by atoms with Gasteiger partial charge in [0.1, 0.15) is 23.2 Å². The summed E-state index contributed by atoms with van der Waals surface area (Å²) < 4.78 is 13.4. The lowest BCUT2D eigenvalue weighted by molar-refractivity contribution is 0.411. The van der Waals surface area contributed by atoms with Crippen LogP contribution in [0.25, 0.3) is 16.6 Å². The van der Waals surface area contributed by atoms with E-state index in [0.29, 0.717) is 22.4 Å². The smallest absolute Gasteiger partial charge is 0.145 e. The van der Waals surface area contributed by atoms with Crippen LogP contribution in [0.4, 0.5) is 10.1 Å². The molecule has 0 spiro atoms. The summed E-state index contributed by atoms with van der Waals surface area (Å²) in [5.74, 6) is 0.253. The number of benzene rings is 2. The third-order valence-corrected chi connectivity index (χ3v) is 4.43. The van der Waals surface area contributed by atoms with Gasteiger partial charge in [0.15, 0.2) is 0 Å². The van der Waals surface area contributed by atoms with Crippen molar-refractivity contribution in [2.45, 2.75) is 13.8 Å². The molecule has 2 aromatic carbocycles. The Hall–Kier alpha value is -3.15. The maximum Gasteiger partial charge on any atom is 0.145 e. The van der Waals surface area contributed by atoms with E-state index < -0.39 is 0 Å². The third kappa shape index (κ3) is 2.46. The molecule has 0 atom stereocenters. The highest BCUT2D eigenvalue weighted by Gasteiger charge is 2.31. The number of fused-ring (bicyclic) bond motifs is 1. The van der Waals surface area contributed by atoms with E-state index in [0.717, 1.165) is 16.8 Å². The average molecular weight is 336 g/mol. The zero-order valence-electron chi connectivity index (χ0n) is 13.9. The molecule has 0 amide bonds. The summed E-state index contributed by atoms with van der Waals surface area (Å²) in [6.45, 7) is 4.21. The Balaban J connectivity index is 1.75. The number of rotatable bonds is 2. The topological polar surface area (TPSA) is 76.0 Å². The summed E-state index contributed by atoms with van der Waals surface area (Å²) in [4.78, 5) is 9.14. The van der Waals surface area contributed by atoms with E-state index in [1.54, 1.807) is 11.0 Å². The Labute approximate surface area is 143 Å². The number of hydrogen-bond acceptors (Lipinski definition) is 3. The molecule has 0 saturated heterocycles. The van der Waals surface area contributed by atoms with Gasteiger partial charge in [0.05, 0.1) is 23.2 Å². The minimum atomic E-state index is -0.362. The molecule has 25 heavy (non-hydrogen) atoms. The second-order valence-corrected chi connectivity index (χ2v) is 6.29. The standard InChI is InChI=1S/C19H17FN4O/c1-10-3-6-15(11(2)7-10)24-9-16(25)17(18(24)21)19-22-13-5-4-12(20)8-14(13)23-19/h3-8,21,25H,9H2,1-2H3,(H,22,23). The summed E-state index contributed by atoms with van der Waals surface area (Å²) in [5.41, 5.74) is 4.52. The normalized spacial score (nSPS) is 14.8. The molecule has 2 heterocycles. The quantitative estimate of drug-likeness (QED) is 0.660. The van der Waals surface area contributed by atoms with Crippen molar-refractivity contribution in [1.82, 2.24) is 9.97 Å². The minimum Gasteiger partial charge on any atom is -0.509 e. The molecule has 0 unspecified atom stereocenters. The van der Waals surface area contributed by atoms with E-state index in [-0.39, 0.29) is 24.0 Å². The number of aryl methyl sites for hydroxylation is 2. The van der Waals surface area contributed by atoms with Gasteiger partial charge >= 0.3 is 0 Å². The van der Waals surface area contributed by atoms with Gasteiger partial charge in [0.2, 0.25) is 0 Å². The van der Waals surface area contributed by atoms with Crippen LogP contribution in [0.1, 0.15) is 17.0 Å². The fourth-order valence-electron chi connectivity index (χ4n) is 3.24. The SMILES string of the molecule is Cc1ccc(N2CC(O)=C(c3nc4ccc(F)cc4[nH]3)C2=N)c(C)c1. The number of imidazole rings is 1. The van der Waals surface area contributed by atoms with Crippen molar-refractivity contribution in [1.29, 1.82) is 5.41 Å². The first-order chi connectivity index (χ1) is 11.9. The Kier molecular flexibility index (Phi) is 3.35. The second kappa shape index (κ2) is 5.44. The second-order valence-electron chi connectivity index (χ2n) is 6.29. The number of amidine groups is 1. The minimum absolute atomic E-state index is 0.0736. The monoisotopic (exact) mass is 336 g/mol. The van der Waals surface area contributed by atoms with Crippen molar-refractivity contribution >= 4 is 28.1 Å². The van der Waals surface area contributed by atoms with Gasteiger partial charge in [-0.3, -0.25) is 5.41 Å². The van der Waals surface area contributed by atoms with Crippen LogP contribution < -0.4 is 4.90 Å². The van der Waals surface area contributed by atoms with Crippen LogP contribution in [0.3, 0.4) is 0 Å². The molecule has 0 bridgehead atoms. The van der Waals surface area contributed by atoms with E-state index in [2.05, 4.69) is 9.97 Å². The highest BCUT2D eigenvalue weighted by atomic mass is 19.1. The van der Waals surface area contributed by atoms with Crippen LogP contribution in [0, 0.1) is 25.1 Å². The molecule has 0 radical (unpaired) electrons. The number of H-pyrrole nitrogens is 1. The summed E-state index contributed by atoms with van der Waals surface area (Å²) >= 11 is 0. The molecule has 126 valence electrons. The van der Waals surface area contributed by atoms with Gasteiger partial charge < -0.3 is 15.0 Å². The predicted octanol–water partition coefficient (Wildman–Crippen LogP) is 4.09. The van der Waals surface area contributed by atoms with E-state index in [1.807, 2.05) is 32.0 Å². The highest BCUT2D eigenvalue weighted by Crippen LogP contribution is 2.32. The van der Waals surface area contributed by atoms with Gasteiger partial charge in [-0.25, -0.2) is 9.37 Å². The first-order valence-electron chi connectivity index (χ1n) is 7.95. The molecule has 5 nitrogen and oxygen atoms in total. The lowest BCUT2D eigenvalue weighted by Gasteiger charge is -2.21. The van der Waals surface area contributed by atoms with E-state index >= 15 is 0 Å². The Morgan fingerprint density at radius 2 is 2.00 bits per heavy atom. The summed E-state index contributed by atoms with van der Waals surface area (Å²) in [7, 11) is 0. The Morgan fingerprint density at radius 3 is 2.76 bits per heavy atom. The third-order valence-electron chi connectivity index (χ3n) is 4.43. The Morgan fingerprint density at radius 1 is 1.20 bits per heavy atom. The number of nitrogens with one attached hydrogen (secondary N) is 2. The molecule has 4 rings (SSSR count). The average Bonchev–Trinajstić information content (AvgIpc) is 3.07. The summed E-state index contributed by atoms with van der Waals surface area (Å²) in [6.07, 6.45) is 0. The van der Waals surface area contributed by atoms with Crippen LogP contribution in [0.15, 0.2) is 42.2 Å². The fourth-order valence-corrected chi connectivity index (χ4v) is 3.24. The van der Waals surface area contributed by atoms with Crippen molar-refractivity contribution < 1.29 is 9.50 Å². The summed E-state index contributed by atoms with van der Waals surface area (Å²) in [6, 6.07) is 10.2. The predicted molar refractivity (Wildman–Crippen MR) is 96.6 cm³/mol. The molecular formula is C19H17FN4O. The molecular weight excluding hydrogens is 319 g/mol. The first kappa shape index (κ1) is 15.4. The first-order valence-corrected chi connectivity index (χ1v) is 7.95. The molecule has 6 heteroatoms. The number of anilines is 1. The molecule has 1 aromatic heterocycles. The number of aromatic amines is 1. The van der Waals surface area contributed by atoms with Gasteiger partial charge in [-0.05, 0) is 43.7 Å². The highest BCUT2D eigenvalue weighted by molar-refractivity contribution is 6.30. The molecule has 1 aliphatic rings. The van der Waals surface area contributed by atoms with Gasteiger partial charge in [-0.15, -0.1) is 0 Å². The molecule has 0 fully saturated rings. The lowest BCUT2D eigenvalue weighted by atomic mass is 10.1. The van der Waals surface area contributed by atoms with Crippen LogP contribution in [0.2, 0.25) is 0 Å². The largest absolute Gasteiger partial charge is 0.509 e. The lowest BCUT2D eigenvalue weighted by Crippen LogP contribution is -2.27. The van der Waals surface area contributed by atoms with Gasteiger partial charge in [-0.2, -0.15) is 0 Å². The van der Waals surface area contributed by atoms with Crippen molar-refractivity contribution in [2.24, 2.45) is 0 Å². The van der Waals surface area contributed by atoms with Crippen LogP contribution in [0.5, 0.6) is 0 Å². The maximum absolute atomic E-state index is 13.4. The Bertz CT molecular complexity index is 1050. The van der Waals surface area contributed by atoms with Crippen molar-refractivity contribution in [3.63, 3.8) is 0 Å². The van der Waals surface area contributed by atoms with Crippen LogP contribution in [-0.2, 0) is 0 Å². The number of aliphatic hydroxyl groups is 1. The van der Waals surface area contributed by atoms with Gasteiger partial charge in [0.25, 0.3) is 0 Å². The maximum atomic E-state index is 13.4. The number of aliphatic hydroxyl groups excluding tert-OH is 1.